The molecular formula is C21H30FNO5S. The van der Waals surface area contributed by atoms with Crippen molar-refractivity contribution in [1.29, 1.82) is 0 Å². The third-order valence-corrected chi connectivity index (χ3v) is 7.40. The lowest BCUT2D eigenvalue weighted by molar-refractivity contribution is -0.142. The van der Waals surface area contributed by atoms with Gasteiger partial charge < -0.3 is 9.47 Å². The predicted molar refractivity (Wildman–Crippen MR) is 108 cm³/mol. The molecule has 0 aromatic heterocycles. The Kier molecular flexibility index (Phi) is 7.51. The summed E-state index contributed by atoms with van der Waals surface area (Å²) in [7, 11) is -3.51. The van der Waals surface area contributed by atoms with Crippen molar-refractivity contribution >= 4 is 16.0 Å². The molecule has 2 fully saturated rings. The lowest BCUT2D eigenvalue weighted by Crippen LogP contribution is -2.38. The molecule has 1 atom stereocenters. The Morgan fingerprint density at radius 3 is 2.79 bits per heavy atom. The van der Waals surface area contributed by atoms with Gasteiger partial charge in [-0.15, -0.1) is 0 Å². The van der Waals surface area contributed by atoms with Gasteiger partial charge in [-0.1, -0.05) is 6.07 Å². The molecule has 0 unspecified atom stereocenters. The molecule has 0 spiro atoms. The molecule has 162 valence electrons. The lowest BCUT2D eigenvalue weighted by atomic mass is 10.0. The lowest BCUT2D eigenvalue weighted by Gasteiger charge is -2.24. The van der Waals surface area contributed by atoms with Gasteiger partial charge in [0.25, 0.3) is 0 Å². The zero-order chi connectivity index (χ0) is 20.9. The number of ether oxygens (including phenoxy) is 2. The molecule has 0 bridgehead atoms. The molecule has 0 amide bonds. The highest BCUT2D eigenvalue weighted by atomic mass is 32.2. The van der Waals surface area contributed by atoms with Crippen molar-refractivity contribution in [1.82, 2.24) is 4.31 Å². The van der Waals surface area contributed by atoms with Crippen molar-refractivity contribution in [3.63, 3.8) is 0 Å². The van der Waals surface area contributed by atoms with Gasteiger partial charge >= 0.3 is 5.97 Å². The SMILES string of the molecule is CCOC(=O)CCS(=O)(=O)N1CCC[C@@H]1CCc1ccc(F)c(OCC2CC2)c1. The molecule has 1 aromatic rings. The summed E-state index contributed by atoms with van der Waals surface area (Å²) < 4.78 is 51.2. The molecule has 2 aliphatic rings. The number of aryl methyl sites for hydroxylation is 1. The fourth-order valence-electron chi connectivity index (χ4n) is 3.67. The number of halogens is 1. The number of sulfonamides is 1. The first-order valence-electron chi connectivity index (χ1n) is 10.5. The summed E-state index contributed by atoms with van der Waals surface area (Å²) in [6, 6.07) is 4.78. The second-order valence-electron chi connectivity index (χ2n) is 7.84. The topological polar surface area (TPSA) is 72.9 Å². The van der Waals surface area contributed by atoms with Crippen LogP contribution in [0, 0.1) is 11.7 Å². The highest BCUT2D eigenvalue weighted by molar-refractivity contribution is 7.89. The van der Waals surface area contributed by atoms with Gasteiger partial charge in [0.15, 0.2) is 11.6 Å². The van der Waals surface area contributed by atoms with Gasteiger partial charge in [0, 0.05) is 12.6 Å². The minimum atomic E-state index is -3.51. The number of carbonyl (C=O) groups is 1. The van der Waals surface area contributed by atoms with Crippen LogP contribution in [0.3, 0.4) is 0 Å². The molecule has 1 saturated heterocycles. The van der Waals surface area contributed by atoms with Crippen LogP contribution >= 0.6 is 0 Å². The molecule has 1 heterocycles. The van der Waals surface area contributed by atoms with E-state index in [4.69, 9.17) is 9.47 Å². The summed E-state index contributed by atoms with van der Waals surface area (Å²) in [5.41, 5.74) is 0.938. The van der Waals surface area contributed by atoms with Gasteiger partial charge in [-0.3, -0.25) is 4.79 Å². The quantitative estimate of drug-likeness (QED) is 0.507. The summed E-state index contributed by atoms with van der Waals surface area (Å²) >= 11 is 0. The second kappa shape index (κ2) is 9.89. The molecule has 1 aliphatic carbocycles. The molecule has 3 rings (SSSR count). The molecule has 1 aliphatic heterocycles. The monoisotopic (exact) mass is 427 g/mol. The molecule has 1 saturated carbocycles. The number of carbonyl (C=O) groups excluding carboxylic acids is 1. The van der Waals surface area contributed by atoms with Crippen molar-refractivity contribution < 1.29 is 27.1 Å². The summed E-state index contributed by atoms with van der Waals surface area (Å²) in [6.45, 7) is 2.97. The standard InChI is InChI=1S/C21H30FNO5S/c1-2-27-21(24)11-13-29(25,26)23-12-3-4-18(23)9-7-16-8-10-19(22)20(14-16)28-15-17-5-6-17/h8,10,14,17-18H,2-7,9,11-13,15H2,1H3/t18-/m1/s1. The first-order valence-corrected chi connectivity index (χ1v) is 12.1. The summed E-state index contributed by atoms with van der Waals surface area (Å²) in [6.07, 6.45) is 5.07. The van der Waals surface area contributed by atoms with Crippen LogP contribution in [-0.2, 0) is 26.0 Å². The zero-order valence-electron chi connectivity index (χ0n) is 16.9. The second-order valence-corrected chi connectivity index (χ2v) is 9.88. The van der Waals surface area contributed by atoms with Gasteiger partial charge in [-0.25, -0.2) is 12.8 Å². The minimum Gasteiger partial charge on any atom is -0.490 e. The molecule has 0 N–H and O–H groups in total. The molecular weight excluding hydrogens is 397 g/mol. The fraction of sp³-hybridized carbons (Fsp3) is 0.667. The van der Waals surface area contributed by atoms with Gasteiger partial charge in [-0.2, -0.15) is 4.31 Å². The van der Waals surface area contributed by atoms with Gasteiger partial charge in [0.1, 0.15) is 0 Å². The van der Waals surface area contributed by atoms with Crippen LogP contribution in [-0.4, -0.2) is 50.2 Å². The Hall–Kier alpha value is -1.67. The van der Waals surface area contributed by atoms with Crippen LogP contribution in [0.2, 0.25) is 0 Å². The number of hydrogen-bond acceptors (Lipinski definition) is 5. The Morgan fingerprint density at radius 2 is 2.07 bits per heavy atom. The number of nitrogens with zero attached hydrogens (tertiary/aromatic N) is 1. The number of esters is 1. The van der Waals surface area contributed by atoms with E-state index in [0.29, 0.717) is 31.9 Å². The third-order valence-electron chi connectivity index (χ3n) is 5.48. The van der Waals surface area contributed by atoms with Crippen molar-refractivity contribution in [3.05, 3.63) is 29.6 Å². The summed E-state index contributed by atoms with van der Waals surface area (Å²) in [4.78, 5) is 11.5. The third kappa shape index (κ3) is 6.40. The maximum atomic E-state index is 14.0. The van der Waals surface area contributed by atoms with Crippen molar-refractivity contribution in [2.75, 3.05) is 25.5 Å². The van der Waals surface area contributed by atoms with Crippen LogP contribution in [0.5, 0.6) is 5.75 Å². The Morgan fingerprint density at radius 1 is 1.28 bits per heavy atom. The van der Waals surface area contributed by atoms with Crippen LogP contribution in [0.25, 0.3) is 0 Å². The smallest absolute Gasteiger partial charge is 0.306 e. The highest BCUT2D eigenvalue weighted by Crippen LogP contribution is 2.31. The number of benzene rings is 1. The molecule has 0 radical (unpaired) electrons. The maximum absolute atomic E-state index is 14.0. The Balaban J connectivity index is 1.55. The van der Waals surface area contributed by atoms with E-state index < -0.39 is 16.0 Å². The van der Waals surface area contributed by atoms with Crippen LogP contribution in [0.15, 0.2) is 18.2 Å². The van der Waals surface area contributed by atoms with E-state index in [2.05, 4.69) is 0 Å². The first-order chi connectivity index (χ1) is 13.9. The average Bonchev–Trinajstić information content (AvgIpc) is 3.39. The Bertz CT molecular complexity index is 809. The van der Waals surface area contributed by atoms with Crippen LogP contribution < -0.4 is 4.74 Å². The van der Waals surface area contributed by atoms with Crippen molar-refractivity contribution in [3.8, 4) is 5.75 Å². The minimum absolute atomic E-state index is 0.0944. The molecule has 1 aromatic carbocycles. The van der Waals surface area contributed by atoms with Crippen LogP contribution in [0.4, 0.5) is 4.39 Å². The van der Waals surface area contributed by atoms with Crippen LogP contribution in [0.1, 0.15) is 51.0 Å². The molecule has 29 heavy (non-hydrogen) atoms. The zero-order valence-corrected chi connectivity index (χ0v) is 17.8. The van der Waals surface area contributed by atoms with E-state index in [0.717, 1.165) is 31.2 Å². The summed E-state index contributed by atoms with van der Waals surface area (Å²) in [5, 5.41) is 0. The Labute approximate surface area is 172 Å². The molecule has 8 heteroatoms. The van der Waals surface area contributed by atoms with Gasteiger partial charge in [0.2, 0.25) is 10.0 Å². The van der Waals surface area contributed by atoms with E-state index >= 15 is 0 Å². The first kappa shape index (κ1) is 22.0. The van der Waals surface area contributed by atoms with E-state index in [1.807, 2.05) is 0 Å². The largest absolute Gasteiger partial charge is 0.490 e. The number of hydrogen-bond donors (Lipinski definition) is 0. The predicted octanol–water partition coefficient (Wildman–Crippen LogP) is 3.29. The fourth-order valence-corrected chi connectivity index (χ4v) is 5.40. The van der Waals surface area contributed by atoms with E-state index in [-0.39, 0.29) is 36.4 Å². The average molecular weight is 428 g/mol. The van der Waals surface area contributed by atoms with Crippen molar-refractivity contribution in [2.24, 2.45) is 5.92 Å². The van der Waals surface area contributed by atoms with Gasteiger partial charge in [-0.05, 0) is 69.1 Å². The maximum Gasteiger partial charge on any atom is 0.306 e. The van der Waals surface area contributed by atoms with E-state index in [9.17, 15) is 17.6 Å². The van der Waals surface area contributed by atoms with E-state index in [1.54, 1.807) is 19.1 Å². The number of rotatable bonds is 11. The molecule has 6 nitrogen and oxygen atoms in total. The van der Waals surface area contributed by atoms with Crippen molar-refractivity contribution in [2.45, 2.75) is 57.9 Å². The highest BCUT2D eigenvalue weighted by Gasteiger charge is 2.34. The normalized spacial score (nSPS) is 20.0. The van der Waals surface area contributed by atoms with E-state index in [1.165, 1.54) is 10.4 Å². The van der Waals surface area contributed by atoms with Gasteiger partial charge in [0.05, 0.1) is 25.4 Å². The summed E-state index contributed by atoms with van der Waals surface area (Å²) in [5.74, 6) is -0.252.